The monoisotopic (exact) mass is 615 g/mol. The van der Waals surface area contributed by atoms with Gasteiger partial charge in [0.1, 0.15) is 11.6 Å². The number of amides is 3. The lowest BCUT2D eigenvalue weighted by molar-refractivity contribution is -0.132. The van der Waals surface area contributed by atoms with E-state index in [1.807, 2.05) is 0 Å². The number of nitrogens with zero attached hydrogens (tertiary/aromatic N) is 3. The fourth-order valence-electron chi connectivity index (χ4n) is 5.10. The van der Waals surface area contributed by atoms with Crippen molar-refractivity contribution in [3.63, 3.8) is 0 Å². The lowest BCUT2D eigenvalue weighted by Gasteiger charge is -2.23. The molecule has 45 heavy (non-hydrogen) atoms. The fourth-order valence-corrected chi connectivity index (χ4v) is 5.10. The van der Waals surface area contributed by atoms with Crippen LogP contribution in [0.15, 0.2) is 71.8 Å². The number of carbonyl (C=O) groups excluding carboxylic acids is 3. The molecule has 0 saturated carbocycles. The molecule has 234 valence electrons. The summed E-state index contributed by atoms with van der Waals surface area (Å²) in [5.74, 6) is -0.517. The molecular formula is C33H34FN5O6. The van der Waals surface area contributed by atoms with Crippen molar-refractivity contribution in [1.82, 2.24) is 25.1 Å². The zero-order valence-electron chi connectivity index (χ0n) is 24.9. The standard InChI is InChI=1S/C33H34FN5O6/c1-44-29-18-23-9-10-28(29)45-25-17-22(16-24(34)19-25)20-36-30(40)8-4-13-38(14-5-12-35-32(23)42)31(41)11-15-39-21-37-27-7-3-2-6-26(27)33(39)43/h2-3,6-7,9-10,16-19,21H,4-5,8,11-15,20H2,1H3,(H,35,42)(H,36,40). The molecule has 0 fully saturated rings. The first-order valence-corrected chi connectivity index (χ1v) is 14.7. The van der Waals surface area contributed by atoms with E-state index >= 15 is 0 Å². The van der Waals surface area contributed by atoms with Crippen LogP contribution in [-0.2, 0) is 22.7 Å². The zero-order valence-corrected chi connectivity index (χ0v) is 24.9. The Morgan fingerprint density at radius 1 is 1.02 bits per heavy atom. The van der Waals surface area contributed by atoms with Gasteiger partial charge in [-0.25, -0.2) is 9.37 Å². The Kier molecular flexibility index (Phi) is 10.0. The summed E-state index contributed by atoms with van der Waals surface area (Å²) < 4.78 is 27.1. The number of fused-ring (bicyclic) bond motifs is 14. The predicted molar refractivity (Wildman–Crippen MR) is 165 cm³/mol. The topological polar surface area (TPSA) is 132 Å². The van der Waals surface area contributed by atoms with Gasteiger partial charge in [0.15, 0.2) is 11.5 Å². The Labute approximate surface area is 259 Å². The molecule has 2 aliphatic heterocycles. The molecule has 1 aromatic heterocycles. The van der Waals surface area contributed by atoms with Crippen molar-refractivity contribution in [2.24, 2.45) is 0 Å². The summed E-state index contributed by atoms with van der Waals surface area (Å²) in [6.07, 6.45) is 2.52. The van der Waals surface area contributed by atoms with Gasteiger partial charge in [-0.1, -0.05) is 12.1 Å². The molecule has 0 radical (unpaired) electrons. The lowest BCUT2D eigenvalue weighted by atomic mass is 10.1. The minimum absolute atomic E-state index is 0.0641. The van der Waals surface area contributed by atoms with Crippen LogP contribution < -0.4 is 25.7 Å². The van der Waals surface area contributed by atoms with E-state index < -0.39 is 5.82 Å². The van der Waals surface area contributed by atoms with Crippen LogP contribution in [0.5, 0.6) is 17.2 Å². The summed E-state index contributed by atoms with van der Waals surface area (Å²) in [5, 5.41) is 6.12. The third kappa shape index (κ3) is 8.02. The van der Waals surface area contributed by atoms with Crippen LogP contribution >= 0.6 is 0 Å². The third-order valence-corrected chi connectivity index (χ3v) is 7.45. The summed E-state index contributed by atoms with van der Waals surface area (Å²) in [6.45, 7) is 1.18. The Balaban J connectivity index is 1.30. The number of hydrogen-bond acceptors (Lipinski definition) is 7. The SMILES string of the molecule is COc1cc2ccc1Oc1cc(F)cc(c1)CNC(=O)CCCN(C(=O)CCn1cnc3ccccc3c1=O)CCCNC2=O. The molecule has 4 aromatic rings. The first-order valence-electron chi connectivity index (χ1n) is 14.7. The highest BCUT2D eigenvalue weighted by molar-refractivity contribution is 5.94. The Hall–Kier alpha value is -5.26. The first-order chi connectivity index (χ1) is 21.8. The van der Waals surface area contributed by atoms with Crippen LogP contribution in [0.4, 0.5) is 4.39 Å². The van der Waals surface area contributed by atoms with Gasteiger partial charge in [-0.05, 0) is 60.9 Å². The van der Waals surface area contributed by atoms with Gasteiger partial charge in [0, 0.05) is 57.2 Å². The first kappa shape index (κ1) is 31.2. The largest absolute Gasteiger partial charge is 0.493 e. The van der Waals surface area contributed by atoms with Crippen molar-refractivity contribution in [1.29, 1.82) is 0 Å². The van der Waals surface area contributed by atoms with E-state index in [-0.39, 0.29) is 60.7 Å². The average molecular weight is 616 g/mol. The van der Waals surface area contributed by atoms with Crippen molar-refractivity contribution < 1.29 is 28.2 Å². The maximum atomic E-state index is 14.4. The molecule has 6 rings (SSSR count). The van der Waals surface area contributed by atoms with Crippen LogP contribution in [0.1, 0.15) is 41.6 Å². The Bertz CT molecular complexity index is 1770. The minimum atomic E-state index is -0.537. The third-order valence-electron chi connectivity index (χ3n) is 7.45. The second-order valence-electron chi connectivity index (χ2n) is 10.6. The maximum Gasteiger partial charge on any atom is 0.261 e. The molecule has 2 N–H and O–H groups in total. The van der Waals surface area contributed by atoms with Crippen molar-refractivity contribution in [2.45, 2.75) is 38.8 Å². The molecule has 3 aromatic carbocycles. The van der Waals surface area contributed by atoms with E-state index in [0.717, 1.165) is 0 Å². The quantitative estimate of drug-likeness (QED) is 0.357. The maximum absolute atomic E-state index is 14.4. The molecule has 11 nitrogen and oxygen atoms in total. The molecule has 0 saturated heterocycles. The summed E-state index contributed by atoms with van der Waals surface area (Å²) in [5.41, 5.74) is 1.21. The number of methoxy groups -OCH3 is 1. The van der Waals surface area contributed by atoms with E-state index in [0.29, 0.717) is 60.3 Å². The number of halogens is 1. The van der Waals surface area contributed by atoms with E-state index in [9.17, 15) is 23.6 Å². The van der Waals surface area contributed by atoms with Crippen LogP contribution in [-0.4, -0.2) is 58.9 Å². The molecule has 4 bridgehead atoms. The summed E-state index contributed by atoms with van der Waals surface area (Å²) in [4.78, 5) is 57.6. The van der Waals surface area contributed by atoms with Crippen molar-refractivity contribution in [3.8, 4) is 17.2 Å². The number of aromatic nitrogens is 2. The molecule has 0 atom stereocenters. The number of benzene rings is 3. The predicted octanol–water partition coefficient (Wildman–Crippen LogP) is 3.79. The van der Waals surface area contributed by atoms with Crippen LogP contribution in [0.2, 0.25) is 0 Å². The molecule has 0 aliphatic carbocycles. The number of carbonyl (C=O) groups is 3. The molecule has 2 aliphatic rings. The highest BCUT2D eigenvalue weighted by Crippen LogP contribution is 2.33. The number of aryl methyl sites for hydroxylation is 1. The van der Waals surface area contributed by atoms with Crippen molar-refractivity contribution >= 4 is 28.6 Å². The van der Waals surface area contributed by atoms with Gasteiger partial charge < -0.3 is 25.0 Å². The van der Waals surface area contributed by atoms with Gasteiger partial charge in [-0.15, -0.1) is 0 Å². The van der Waals surface area contributed by atoms with Gasteiger partial charge in [0.2, 0.25) is 11.8 Å². The van der Waals surface area contributed by atoms with Crippen LogP contribution in [0.3, 0.4) is 0 Å². The number of rotatable bonds is 4. The van der Waals surface area contributed by atoms with E-state index in [1.165, 1.54) is 36.2 Å². The van der Waals surface area contributed by atoms with E-state index in [4.69, 9.17) is 9.47 Å². The Morgan fingerprint density at radius 3 is 2.69 bits per heavy atom. The van der Waals surface area contributed by atoms with Crippen molar-refractivity contribution in [3.05, 3.63) is 94.3 Å². The van der Waals surface area contributed by atoms with Gasteiger partial charge in [0.05, 0.1) is 24.3 Å². The van der Waals surface area contributed by atoms with Crippen LogP contribution in [0.25, 0.3) is 10.9 Å². The highest BCUT2D eigenvalue weighted by Gasteiger charge is 2.17. The summed E-state index contributed by atoms with van der Waals surface area (Å²) >= 11 is 0. The second-order valence-corrected chi connectivity index (χ2v) is 10.6. The van der Waals surface area contributed by atoms with Crippen LogP contribution in [0, 0.1) is 5.82 Å². The fraction of sp³-hybridized carbons (Fsp3) is 0.303. The number of nitrogens with one attached hydrogen (secondary N) is 2. The lowest BCUT2D eigenvalue weighted by Crippen LogP contribution is -2.36. The van der Waals surface area contributed by atoms with Gasteiger partial charge in [-0.2, -0.15) is 0 Å². The molecule has 3 heterocycles. The Morgan fingerprint density at radius 2 is 1.84 bits per heavy atom. The van der Waals surface area contributed by atoms with E-state index in [1.54, 1.807) is 47.4 Å². The summed E-state index contributed by atoms with van der Waals surface area (Å²) in [6, 6.07) is 15.8. The van der Waals surface area contributed by atoms with Crippen molar-refractivity contribution in [2.75, 3.05) is 26.7 Å². The minimum Gasteiger partial charge on any atom is -0.493 e. The second kappa shape index (κ2) is 14.5. The summed E-state index contributed by atoms with van der Waals surface area (Å²) in [7, 11) is 1.44. The van der Waals surface area contributed by atoms with Gasteiger partial charge in [-0.3, -0.25) is 23.7 Å². The van der Waals surface area contributed by atoms with Gasteiger partial charge >= 0.3 is 0 Å². The molecule has 0 unspecified atom stereocenters. The normalized spacial score (nSPS) is 14.8. The number of hydrogen-bond donors (Lipinski definition) is 2. The zero-order chi connectivity index (χ0) is 31.8. The number of para-hydroxylation sites is 1. The molecular weight excluding hydrogens is 581 g/mol. The van der Waals surface area contributed by atoms with Gasteiger partial charge in [0.25, 0.3) is 11.5 Å². The molecule has 0 spiro atoms. The smallest absolute Gasteiger partial charge is 0.261 e. The molecule has 12 heteroatoms. The molecule has 3 amide bonds. The highest BCUT2D eigenvalue weighted by atomic mass is 19.1. The number of ether oxygens (including phenoxy) is 2. The average Bonchev–Trinajstić information content (AvgIpc) is 3.04. The van der Waals surface area contributed by atoms with E-state index in [2.05, 4.69) is 15.6 Å².